The summed E-state index contributed by atoms with van der Waals surface area (Å²) in [5.74, 6) is -0.546. The molecule has 0 unspecified atom stereocenters. The van der Waals surface area contributed by atoms with Crippen LogP contribution < -0.4 is 0 Å². The highest BCUT2D eigenvalue weighted by Gasteiger charge is 2.10. The number of carbonyl (C=O) groups excluding carboxylic acids is 1. The third kappa shape index (κ3) is 3.58. The first-order valence-corrected chi connectivity index (χ1v) is 7.31. The molecule has 0 N–H and O–H groups in total. The van der Waals surface area contributed by atoms with Crippen LogP contribution in [0.5, 0.6) is 0 Å². The number of benzene rings is 2. The van der Waals surface area contributed by atoms with Crippen molar-refractivity contribution in [3.63, 3.8) is 0 Å². The normalized spacial score (nSPS) is 10.5. The summed E-state index contributed by atoms with van der Waals surface area (Å²) in [6.07, 6.45) is 2.02. The average Bonchev–Trinajstić information content (AvgIpc) is 2.42. The summed E-state index contributed by atoms with van der Waals surface area (Å²) in [4.78, 5) is 13.1. The van der Waals surface area contributed by atoms with Gasteiger partial charge in [-0.15, -0.1) is 11.8 Å². The van der Waals surface area contributed by atoms with Crippen LogP contribution in [0.3, 0.4) is 0 Å². The fourth-order valence-corrected chi connectivity index (χ4v) is 2.28. The molecule has 2 aromatic rings. The monoisotopic (exact) mass is 294 g/mol. The van der Waals surface area contributed by atoms with Gasteiger partial charge in [0.15, 0.2) is 5.78 Å². The van der Waals surface area contributed by atoms with Gasteiger partial charge >= 0.3 is 0 Å². The Bertz CT molecular complexity index is 596. The second kappa shape index (κ2) is 6.22. The van der Waals surface area contributed by atoms with Crippen molar-refractivity contribution in [1.29, 1.82) is 0 Å². The van der Waals surface area contributed by atoms with Crippen LogP contribution in [0, 0.1) is 5.82 Å². The van der Waals surface area contributed by atoms with E-state index < -0.39 is 5.82 Å². The Kier molecular flexibility index (Phi) is 4.61. The molecule has 0 amide bonds. The summed E-state index contributed by atoms with van der Waals surface area (Å²) in [5.41, 5.74) is 0.954. The minimum atomic E-state index is -0.443. The number of carbonyl (C=O) groups is 1. The Morgan fingerprint density at radius 1 is 1.21 bits per heavy atom. The van der Waals surface area contributed by atoms with Gasteiger partial charge in [-0.1, -0.05) is 29.8 Å². The maximum atomic E-state index is 13.6. The second-order valence-electron chi connectivity index (χ2n) is 4.06. The lowest BCUT2D eigenvalue weighted by atomic mass is 10.0. The van der Waals surface area contributed by atoms with E-state index in [0.717, 1.165) is 4.90 Å². The van der Waals surface area contributed by atoms with Gasteiger partial charge in [-0.25, -0.2) is 4.39 Å². The first kappa shape index (κ1) is 14.1. The standard InChI is InChI=1S/C15H12ClFOS/c1-19-13-6-3-10(4-7-13)15(18)8-11-2-5-12(16)9-14(11)17/h2-7,9H,8H2,1H3. The van der Waals surface area contributed by atoms with E-state index >= 15 is 0 Å². The van der Waals surface area contributed by atoms with Gasteiger partial charge in [-0.2, -0.15) is 0 Å². The van der Waals surface area contributed by atoms with E-state index in [1.165, 1.54) is 6.07 Å². The van der Waals surface area contributed by atoms with Gasteiger partial charge in [-0.05, 0) is 36.1 Å². The van der Waals surface area contributed by atoms with Crippen LogP contribution in [0.1, 0.15) is 15.9 Å². The maximum absolute atomic E-state index is 13.6. The number of halogens is 2. The third-order valence-electron chi connectivity index (χ3n) is 2.78. The van der Waals surface area contributed by atoms with Crippen molar-refractivity contribution in [2.75, 3.05) is 6.26 Å². The van der Waals surface area contributed by atoms with Crippen LogP contribution in [0.2, 0.25) is 5.02 Å². The van der Waals surface area contributed by atoms with Gasteiger partial charge in [0.1, 0.15) is 5.82 Å². The zero-order valence-electron chi connectivity index (χ0n) is 10.3. The van der Waals surface area contributed by atoms with E-state index in [4.69, 9.17) is 11.6 Å². The number of hydrogen-bond acceptors (Lipinski definition) is 2. The van der Waals surface area contributed by atoms with Gasteiger partial charge in [0.05, 0.1) is 0 Å². The van der Waals surface area contributed by atoms with Crippen molar-refractivity contribution in [2.24, 2.45) is 0 Å². The maximum Gasteiger partial charge on any atom is 0.167 e. The largest absolute Gasteiger partial charge is 0.294 e. The number of ketones is 1. The summed E-state index contributed by atoms with van der Waals surface area (Å²) in [6, 6.07) is 11.7. The van der Waals surface area contributed by atoms with E-state index in [0.29, 0.717) is 16.1 Å². The molecular formula is C15H12ClFOS. The highest BCUT2D eigenvalue weighted by molar-refractivity contribution is 7.98. The highest BCUT2D eigenvalue weighted by Crippen LogP contribution is 2.18. The second-order valence-corrected chi connectivity index (χ2v) is 5.38. The summed E-state index contributed by atoms with van der Waals surface area (Å²) >= 11 is 7.29. The molecule has 2 rings (SSSR count). The molecule has 0 spiro atoms. The number of rotatable bonds is 4. The fraction of sp³-hybridized carbons (Fsp3) is 0.133. The molecule has 4 heteroatoms. The molecule has 0 heterocycles. The smallest absolute Gasteiger partial charge is 0.167 e. The van der Waals surface area contributed by atoms with Gasteiger partial charge in [0, 0.05) is 21.9 Å². The van der Waals surface area contributed by atoms with Crippen LogP contribution in [-0.2, 0) is 6.42 Å². The van der Waals surface area contributed by atoms with Crippen molar-refractivity contribution in [3.05, 3.63) is 64.4 Å². The predicted molar refractivity (Wildman–Crippen MR) is 77.7 cm³/mol. The Morgan fingerprint density at radius 3 is 2.47 bits per heavy atom. The topological polar surface area (TPSA) is 17.1 Å². The molecule has 0 aliphatic heterocycles. The van der Waals surface area contributed by atoms with Gasteiger partial charge < -0.3 is 0 Å². The van der Waals surface area contributed by atoms with Crippen LogP contribution in [0.4, 0.5) is 4.39 Å². The van der Waals surface area contributed by atoms with E-state index in [1.807, 2.05) is 18.4 Å². The lowest BCUT2D eigenvalue weighted by Crippen LogP contribution is -2.05. The molecule has 19 heavy (non-hydrogen) atoms. The van der Waals surface area contributed by atoms with Crippen LogP contribution >= 0.6 is 23.4 Å². The first-order valence-electron chi connectivity index (χ1n) is 5.71. The van der Waals surface area contributed by atoms with Gasteiger partial charge in [0.2, 0.25) is 0 Å². The lowest BCUT2D eigenvalue weighted by molar-refractivity contribution is 0.0992. The summed E-state index contributed by atoms with van der Waals surface area (Å²) in [5, 5.41) is 0.332. The predicted octanol–water partition coefficient (Wildman–Crippen LogP) is 4.63. The van der Waals surface area contributed by atoms with Crippen LogP contribution in [0.15, 0.2) is 47.4 Å². The van der Waals surface area contributed by atoms with Crippen LogP contribution in [0.25, 0.3) is 0 Å². The van der Waals surface area contributed by atoms with Crippen molar-refractivity contribution in [1.82, 2.24) is 0 Å². The molecule has 0 aliphatic rings. The number of Topliss-reactive ketones (excluding diaryl/α,β-unsaturated/α-hetero) is 1. The SMILES string of the molecule is CSc1ccc(C(=O)Cc2ccc(Cl)cc2F)cc1. The summed E-state index contributed by atoms with van der Waals surface area (Å²) in [6.45, 7) is 0. The first-order chi connectivity index (χ1) is 9.10. The van der Waals surface area contributed by atoms with E-state index in [2.05, 4.69) is 0 Å². The molecule has 0 radical (unpaired) electrons. The van der Waals surface area contributed by atoms with Crippen molar-refractivity contribution < 1.29 is 9.18 Å². The molecular weight excluding hydrogens is 283 g/mol. The average molecular weight is 295 g/mol. The molecule has 0 aliphatic carbocycles. The van der Waals surface area contributed by atoms with Crippen molar-refractivity contribution >= 4 is 29.1 Å². The summed E-state index contributed by atoms with van der Waals surface area (Å²) in [7, 11) is 0. The fourth-order valence-electron chi connectivity index (χ4n) is 1.72. The Morgan fingerprint density at radius 2 is 1.89 bits per heavy atom. The van der Waals surface area contributed by atoms with Crippen LogP contribution in [-0.4, -0.2) is 12.0 Å². The molecule has 0 bridgehead atoms. The Hall–Kier alpha value is -1.32. The Balaban J connectivity index is 2.15. The third-order valence-corrected chi connectivity index (χ3v) is 3.76. The molecule has 0 aromatic heterocycles. The van der Waals surface area contributed by atoms with E-state index in [-0.39, 0.29) is 12.2 Å². The number of hydrogen-bond donors (Lipinski definition) is 0. The number of thioether (sulfide) groups is 1. The molecule has 0 saturated heterocycles. The molecule has 1 nitrogen and oxygen atoms in total. The molecule has 98 valence electrons. The molecule has 0 fully saturated rings. The van der Waals surface area contributed by atoms with Gasteiger partial charge in [0.25, 0.3) is 0 Å². The zero-order chi connectivity index (χ0) is 13.8. The van der Waals surface area contributed by atoms with Gasteiger partial charge in [-0.3, -0.25) is 4.79 Å². The summed E-state index contributed by atoms with van der Waals surface area (Å²) < 4.78 is 13.6. The minimum absolute atomic E-state index is 0.0433. The van der Waals surface area contributed by atoms with E-state index in [9.17, 15) is 9.18 Å². The van der Waals surface area contributed by atoms with Crippen molar-refractivity contribution in [2.45, 2.75) is 11.3 Å². The minimum Gasteiger partial charge on any atom is -0.294 e. The lowest BCUT2D eigenvalue weighted by Gasteiger charge is -2.04. The molecule has 0 saturated carbocycles. The quantitative estimate of drug-likeness (QED) is 0.604. The van der Waals surface area contributed by atoms with E-state index in [1.54, 1.807) is 36.0 Å². The molecule has 0 atom stereocenters. The Labute approximate surface area is 120 Å². The molecule has 2 aromatic carbocycles. The zero-order valence-corrected chi connectivity index (χ0v) is 11.9. The highest BCUT2D eigenvalue weighted by atomic mass is 35.5. The van der Waals surface area contributed by atoms with Crippen molar-refractivity contribution in [3.8, 4) is 0 Å².